The van der Waals surface area contributed by atoms with Crippen LogP contribution in [0.4, 0.5) is 17.2 Å². The van der Waals surface area contributed by atoms with Crippen molar-refractivity contribution >= 4 is 33.2 Å². The predicted octanol–water partition coefficient (Wildman–Crippen LogP) is 14.2. The lowest BCUT2D eigenvalue weighted by molar-refractivity contribution is -0.116. The first-order valence-electron chi connectivity index (χ1n) is 23.5. The highest BCUT2D eigenvalue weighted by Crippen LogP contribution is 2.40. The molecule has 0 unspecified atom stereocenters. The maximum Gasteiger partial charge on any atom is 0.298 e. The molecule has 0 bridgehead atoms. The van der Waals surface area contributed by atoms with E-state index in [1.807, 2.05) is 18.5 Å². The average Bonchev–Trinajstić information content (AvgIpc) is 3.70. The topological polar surface area (TPSA) is 173 Å². The van der Waals surface area contributed by atoms with Gasteiger partial charge in [0.2, 0.25) is 11.8 Å². The van der Waals surface area contributed by atoms with Crippen LogP contribution in [0, 0.1) is 13.8 Å². The molecule has 0 atom stereocenters. The number of amides is 1. The molecule has 3 N–H and O–H groups in total. The molecule has 0 spiro atoms. The number of hydrogen-bond donors (Lipinski definition) is 3. The Bertz CT molecular complexity index is 2060. The van der Waals surface area contributed by atoms with Crippen LogP contribution < -0.4 is 10.1 Å². The van der Waals surface area contributed by atoms with Crippen molar-refractivity contribution in [1.82, 2.24) is 19.6 Å². The van der Waals surface area contributed by atoms with E-state index in [0.29, 0.717) is 23.6 Å². The summed E-state index contributed by atoms with van der Waals surface area (Å²) in [4.78, 5) is 12.8. The van der Waals surface area contributed by atoms with Crippen LogP contribution in [0.2, 0.25) is 0 Å². The van der Waals surface area contributed by atoms with Gasteiger partial charge >= 0.3 is 0 Å². The number of carbonyl (C=O) groups is 1. The second kappa shape index (κ2) is 27.5. The summed E-state index contributed by atoms with van der Waals surface area (Å²) >= 11 is 0. The van der Waals surface area contributed by atoms with E-state index in [2.05, 4.69) is 34.5 Å². The number of aromatic nitrogens is 4. The molecule has 0 aliphatic heterocycles. The van der Waals surface area contributed by atoms with Crippen LogP contribution in [-0.2, 0) is 21.5 Å². The predicted molar refractivity (Wildman–Crippen MR) is 248 cm³/mol. The number of hydrogen-bond acceptors (Lipinski definition) is 9. The molecule has 62 heavy (non-hydrogen) atoms. The van der Waals surface area contributed by atoms with Gasteiger partial charge in [0.05, 0.1) is 17.1 Å². The number of unbranched alkanes of at least 4 members (excludes halogenated alkanes) is 21. The Labute approximate surface area is 370 Å². The maximum atomic E-state index is 13.3. The first kappa shape index (κ1) is 50.1. The lowest BCUT2D eigenvalue weighted by atomic mass is 10.0. The Kier molecular flexibility index (Phi) is 22.2. The molecule has 4 aromatic rings. The van der Waals surface area contributed by atoms with Gasteiger partial charge in [0.1, 0.15) is 22.1 Å². The molecule has 0 saturated heterocycles. The van der Waals surface area contributed by atoms with Gasteiger partial charge in [-0.2, -0.15) is 18.2 Å². The number of para-hydroxylation sites is 1. The number of benzene rings is 2. The van der Waals surface area contributed by atoms with E-state index in [9.17, 15) is 22.9 Å². The van der Waals surface area contributed by atoms with E-state index < -0.39 is 20.9 Å². The summed E-state index contributed by atoms with van der Waals surface area (Å²) < 4.78 is 44.1. The van der Waals surface area contributed by atoms with E-state index in [1.54, 1.807) is 30.3 Å². The van der Waals surface area contributed by atoms with Crippen molar-refractivity contribution in [3.63, 3.8) is 0 Å². The second-order valence-corrected chi connectivity index (χ2v) is 18.0. The van der Waals surface area contributed by atoms with Crippen LogP contribution in [-0.4, -0.2) is 43.5 Å². The number of azo groups is 1. The third-order valence-corrected chi connectivity index (χ3v) is 12.2. The van der Waals surface area contributed by atoms with Gasteiger partial charge in [-0.3, -0.25) is 14.0 Å². The average molecular weight is 876 g/mol. The Balaban J connectivity index is 1.43. The van der Waals surface area contributed by atoms with E-state index >= 15 is 0 Å². The van der Waals surface area contributed by atoms with Crippen LogP contribution in [0.3, 0.4) is 0 Å². The highest BCUT2D eigenvalue weighted by atomic mass is 32.2. The van der Waals surface area contributed by atoms with Crippen molar-refractivity contribution in [2.75, 3.05) is 5.32 Å². The minimum Gasteiger partial charge on any atom is -0.492 e. The zero-order chi connectivity index (χ0) is 44.6. The van der Waals surface area contributed by atoms with Gasteiger partial charge in [-0.15, -0.1) is 15.3 Å². The fraction of sp³-hybridized carbons (Fsp3) is 0.604. The number of ether oxygens (including phenoxy) is 1. The zero-order valence-corrected chi connectivity index (χ0v) is 38.7. The molecular weight excluding hydrogens is 803 g/mol. The third kappa shape index (κ3) is 17.0. The molecule has 4 rings (SSSR count). The van der Waals surface area contributed by atoms with Gasteiger partial charge in [0.25, 0.3) is 10.1 Å². The van der Waals surface area contributed by atoms with Crippen LogP contribution in [0.5, 0.6) is 17.4 Å². The largest absolute Gasteiger partial charge is 0.492 e. The molecule has 342 valence electrons. The molecule has 0 aliphatic rings. The fourth-order valence-corrected chi connectivity index (χ4v) is 8.32. The first-order chi connectivity index (χ1) is 30.0. The maximum absolute atomic E-state index is 13.3. The zero-order valence-electron chi connectivity index (χ0n) is 37.9. The number of aryl methyl sites for hydroxylation is 2. The molecule has 2 aromatic carbocycles. The minimum absolute atomic E-state index is 0.0446. The smallest absolute Gasteiger partial charge is 0.298 e. The van der Waals surface area contributed by atoms with E-state index in [4.69, 9.17) is 9.84 Å². The molecule has 0 radical (unpaired) electrons. The van der Waals surface area contributed by atoms with Crippen molar-refractivity contribution in [2.24, 2.45) is 10.2 Å². The van der Waals surface area contributed by atoms with Crippen LogP contribution in [0.25, 0.3) is 5.69 Å². The number of nitrogens with one attached hydrogen (secondary N) is 1. The summed E-state index contributed by atoms with van der Waals surface area (Å²) in [6.07, 6.45) is 28.3. The molecule has 1 amide bonds. The Hall–Kier alpha value is -4.56. The van der Waals surface area contributed by atoms with Crippen molar-refractivity contribution < 1.29 is 27.6 Å². The lowest BCUT2D eigenvalue weighted by Gasteiger charge is -2.11. The van der Waals surface area contributed by atoms with E-state index in [1.165, 1.54) is 121 Å². The lowest BCUT2D eigenvalue weighted by Crippen LogP contribution is -2.12. The van der Waals surface area contributed by atoms with E-state index in [-0.39, 0.29) is 35.3 Å². The van der Waals surface area contributed by atoms with Gasteiger partial charge in [-0.05, 0) is 57.0 Å². The standard InChI is InChI=1S/C48H73N7O6S/c1-5-7-9-11-13-15-16-17-18-19-20-21-22-24-29-33-44(56)49-47-46(51-50-45-38(3)52-54(39(45)4)36-30-25-23-14-12-10-8-6-2)48(57)55(53-47)40-34-35-42(43(37-40)62(58,59)60)61-41-31-27-26-28-32-41/h26-28,31-32,34-35,37,57H,5-25,29-30,33,36H2,1-4H3,(H,49,53,56)(H,58,59,60)/b51-50+. The van der Waals surface area contributed by atoms with Gasteiger partial charge in [0, 0.05) is 13.0 Å². The molecule has 0 aliphatic carbocycles. The quantitative estimate of drug-likeness (QED) is 0.0247. The summed E-state index contributed by atoms with van der Waals surface area (Å²) in [5, 5.41) is 32.5. The Morgan fingerprint density at radius 2 is 1.21 bits per heavy atom. The summed E-state index contributed by atoms with van der Waals surface area (Å²) in [7, 11) is -4.79. The molecule has 0 saturated carbocycles. The number of anilines is 1. The number of nitrogens with zero attached hydrogens (tertiary/aromatic N) is 6. The van der Waals surface area contributed by atoms with Crippen molar-refractivity contribution in [3.05, 3.63) is 59.9 Å². The number of aromatic hydroxyl groups is 1. The highest BCUT2D eigenvalue weighted by Gasteiger charge is 2.25. The minimum atomic E-state index is -4.79. The van der Waals surface area contributed by atoms with Crippen LogP contribution in [0.15, 0.2) is 63.7 Å². The molecule has 13 nitrogen and oxygen atoms in total. The van der Waals surface area contributed by atoms with Gasteiger partial charge in [0.15, 0.2) is 11.5 Å². The summed E-state index contributed by atoms with van der Waals surface area (Å²) in [6, 6.07) is 12.5. The highest BCUT2D eigenvalue weighted by molar-refractivity contribution is 7.86. The first-order valence-corrected chi connectivity index (χ1v) is 24.9. The van der Waals surface area contributed by atoms with Crippen LogP contribution in [0.1, 0.15) is 179 Å². The van der Waals surface area contributed by atoms with Crippen molar-refractivity contribution in [2.45, 2.75) is 193 Å². The Morgan fingerprint density at radius 3 is 1.76 bits per heavy atom. The fourth-order valence-electron chi connectivity index (χ4n) is 7.68. The van der Waals surface area contributed by atoms with Gasteiger partial charge in [-0.25, -0.2) is 0 Å². The molecule has 0 fully saturated rings. The molecule has 14 heteroatoms. The van der Waals surface area contributed by atoms with Gasteiger partial charge in [-0.1, -0.05) is 167 Å². The summed E-state index contributed by atoms with van der Waals surface area (Å²) in [5.74, 6) is -0.592. The number of carbonyl (C=O) groups excluding carboxylic acids is 1. The summed E-state index contributed by atoms with van der Waals surface area (Å²) in [6.45, 7) is 9.01. The second-order valence-electron chi connectivity index (χ2n) is 16.6. The van der Waals surface area contributed by atoms with Crippen molar-refractivity contribution in [1.29, 1.82) is 0 Å². The van der Waals surface area contributed by atoms with E-state index in [0.717, 1.165) is 55.1 Å². The Morgan fingerprint density at radius 1 is 0.694 bits per heavy atom. The SMILES string of the molecule is CCCCCCCCCCCCCCCCCC(=O)Nc1nn(-c2ccc(Oc3ccccc3)c(S(=O)(=O)O)c2)c(O)c1/N=N/c1c(C)nn(CCCCCCCCCC)c1C. The van der Waals surface area contributed by atoms with Crippen molar-refractivity contribution in [3.8, 4) is 23.1 Å². The molecule has 2 heterocycles. The normalized spacial score (nSPS) is 11.8. The number of rotatable bonds is 32. The monoisotopic (exact) mass is 876 g/mol. The molecular formula is C48H73N7O6S. The van der Waals surface area contributed by atoms with Gasteiger partial charge < -0.3 is 15.2 Å². The third-order valence-electron chi connectivity index (χ3n) is 11.3. The van der Waals surface area contributed by atoms with Crippen LogP contribution >= 0.6 is 0 Å². The summed E-state index contributed by atoms with van der Waals surface area (Å²) in [5.41, 5.74) is 2.00. The molecule has 2 aromatic heterocycles.